The lowest BCUT2D eigenvalue weighted by Gasteiger charge is -2.16. The Morgan fingerprint density at radius 3 is 2.33 bits per heavy atom. The highest BCUT2D eigenvalue weighted by molar-refractivity contribution is 5.85. The fourth-order valence-corrected chi connectivity index (χ4v) is 3.45. The lowest BCUT2D eigenvalue weighted by atomic mass is 10.1. The predicted octanol–water partition coefficient (Wildman–Crippen LogP) is 5.24. The minimum absolute atomic E-state index is 0. The molecule has 1 aromatic heterocycles. The van der Waals surface area contributed by atoms with E-state index in [0.717, 1.165) is 23.1 Å². The van der Waals surface area contributed by atoms with E-state index < -0.39 is 0 Å². The van der Waals surface area contributed by atoms with E-state index in [2.05, 4.69) is 15.5 Å². The molecule has 0 fully saturated rings. The second-order valence-electron chi connectivity index (χ2n) is 7.19. The molecule has 0 aliphatic carbocycles. The van der Waals surface area contributed by atoms with Gasteiger partial charge in [-0.05, 0) is 53.9 Å². The van der Waals surface area contributed by atoms with Gasteiger partial charge in [0.15, 0.2) is 11.5 Å². The third-order valence-corrected chi connectivity index (χ3v) is 5.12. The molecular weight excluding hydrogens is 445 g/mol. The van der Waals surface area contributed by atoms with Gasteiger partial charge in [-0.2, -0.15) is 0 Å². The van der Waals surface area contributed by atoms with Crippen LogP contribution in [0.1, 0.15) is 23.1 Å². The van der Waals surface area contributed by atoms with Crippen molar-refractivity contribution in [1.82, 2.24) is 15.5 Å². The van der Waals surface area contributed by atoms with E-state index in [1.54, 1.807) is 26.4 Å². The number of nitrogens with zero attached hydrogens (tertiary/aromatic N) is 2. The highest BCUT2D eigenvalue weighted by Crippen LogP contribution is 2.28. The van der Waals surface area contributed by atoms with Crippen LogP contribution in [-0.2, 0) is 6.42 Å². The van der Waals surface area contributed by atoms with Gasteiger partial charge in [-0.25, -0.2) is 4.39 Å². The van der Waals surface area contributed by atoms with Crippen LogP contribution in [0.2, 0.25) is 0 Å². The molecule has 4 aromatic rings. The van der Waals surface area contributed by atoms with E-state index in [1.165, 1.54) is 12.1 Å². The standard InChI is InChI=1S/C25H24FN3O3.ClH/c1-30-21-13-8-17(16-22(21)31-2)14-15-27-23(18-9-11-20(26)12-10-18)25-29-28-24(32-25)19-6-4-3-5-7-19;/h3-13,16,23,27H,14-15H2,1-2H3;1H. The highest BCUT2D eigenvalue weighted by Gasteiger charge is 2.21. The second kappa shape index (κ2) is 11.4. The molecule has 1 N–H and O–H groups in total. The summed E-state index contributed by atoms with van der Waals surface area (Å²) in [5.41, 5.74) is 2.76. The van der Waals surface area contributed by atoms with E-state index in [4.69, 9.17) is 13.9 Å². The molecule has 0 saturated carbocycles. The Morgan fingerprint density at radius 2 is 1.64 bits per heavy atom. The van der Waals surface area contributed by atoms with Gasteiger partial charge >= 0.3 is 0 Å². The van der Waals surface area contributed by atoms with Gasteiger partial charge in [0.25, 0.3) is 0 Å². The molecule has 0 aliphatic heterocycles. The number of hydrogen-bond donors (Lipinski definition) is 1. The minimum atomic E-state index is -0.374. The van der Waals surface area contributed by atoms with Crippen molar-refractivity contribution in [3.05, 3.63) is 95.6 Å². The third kappa shape index (κ3) is 5.88. The molecule has 0 bridgehead atoms. The van der Waals surface area contributed by atoms with E-state index in [-0.39, 0.29) is 24.3 Å². The summed E-state index contributed by atoms with van der Waals surface area (Å²) < 4.78 is 30.1. The van der Waals surface area contributed by atoms with E-state index in [0.29, 0.717) is 29.8 Å². The van der Waals surface area contributed by atoms with Crippen LogP contribution in [0.3, 0.4) is 0 Å². The average Bonchev–Trinajstić information content (AvgIpc) is 3.33. The normalized spacial score (nSPS) is 11.5. The Labute approximate surface area is 198 Å². The maximum Gasteiger partial charge on any atom is 0.247 e. The fourth-order valence-electron chi connectivity index (χ4n) is 3.45. The molecule has 0 amide bonds. The van der Waals surface area contributed by atoms with Gasteiger partial charge in [0, 0.05) is 12.1 Å². The van der Waals surface area contributed by atoms with Gasteiger partial charge in [-0.3, -0.25) is 0 Å². The number of aromatic nitrogens is 2. The summed E-state index contributed by atoms with van der Waals surface area (Å²) in [4.78, 5) is 0. The average molecular weight is 470 g/mol. The Morgan fingerprint density at radius 1 is 0.909 bits per heavy atom. The number of ether oxygens (including phenoxy) is 2. The summed E-state index contributed by atoms with van der Waals surface area (Å²) in [6.45, 7) is 0.626. The third-order valence-electron chi connectivity index (χ3n) is 5.12. The Hall–Kier alpha value is -3.42. The lowest BCUT2D eigenvalue weighted by Crippen LogP contribution is -2.25. The van der Waals surface area contributed by atoms with Crippen molar-refractivity contribution < 1.29 is 18.3 Å². The SMILES string of the molecule is COc1ccc(CCNC(c2ccc(F)cc2)c2nnc(-c3ccccc3)o2)cc1OC.Cl. The quantitative estimate of drug-likeness (QED) is 0.361. The van der Waals surface area contributed by atoms with Gasteiger partial charge in [0.1, 0.15) is 11.9 Å². The molecular formula is C25H25ClFN3O3. The van der Waals surface area contributed by atoms with Gasteiger partial charge < -0.3 is 19.2 Å². The molecule has 0 saturated heterocycles. The first kappa shape index (κ1) is 24.2. The molecule has 8 heteroatoms. The van der Waals surface area contributed by atoms with Gasteiger partial charge in [-0.15, -0.1) is 22.6 Å². The molecule has 172 valence electrons. The van der Waals surface area contributed by atoms with Crippen LogP contribution in [0.25, 0.3) is 11.5 Å². The van der Waals surface area contributed by atoms with Crippen molar-refractivity contribution in [3.63, 3.8) is 0 Å². The van der Waals surface area contributed by atoms with Crippen LogP contribution < -0.4 is 14.8 Å². The molecule has 1 heterocycles. The summed E-state index contributed by atoms with van der Waals surface area (Å²) in [5, 5.41) is 11.9. The lowest BCUT2D eigenvalue weighted by molar-refractivity contribution is 0.354. The molecule has 3 aromatic carbocycles. The van der Waals surface area contributed by atoms with E-state index >= 15 is 0 Å². The maximum absolute atomic E-state index is 13.5. The van der Waals surface area contributed by atoms with Crippen molar-refractivity contribution in [2.45, 2.75) is 12.5 Å². The topological polar surface area (TPSA) is 69.4 Å². The van der Waals surface area contributed by atoms with Crippen LogP contribution in [-0.4, -0.2) is 31.0 Å². The smallest absolute Gasteiger partial charge is 0.247 e. The Balaban J connectivity index is 0.00000306. The van der Waals surface area contributed by atoms with Crippen molar-refractivity contribution in [1.29, 1.82) is 0 Å². The van der Waals surface area contributed by atoms with E-state index in [9.17, 15) is 4.39 Å². The van der Waals surface area contributed by atoms with Gasteiger partial charge in [-0.1, -0.05) is 36.4 Å². The van der Waals surface area contributed by atoms with Crippen molar-refractivity contribution >= 4 is 12.4 Å². The van der Waals surface area contributed by atoms with Crippen LogP contribution in [0.15, 0.2) is 77.2 Å². The zero-order chi connectivity index (χ0) is 22.3. The maximum atomic E-state index is 13.5. The molecule has 0 spiro atoms. The summed E-state index contributed by atoms with van der Waals surface area (Å²) in [5.74, 6) is 1.93. The van der Waals surface area contributed by atoms with Crippen LogP contribution in [0.5, 0.6) is 11.5 Å². The summed E-state index contributed by atoms with van der Waals surface area (Å²) in [6, 6.07) is 21.3. The highest BCUT2D eigenvalue weighted by atomic mass is 35.5. The minimum Gasteiger partial charge on any atom is -0.493 e. The van der Waals surface area contributed by atoms with Crippen molar-refractivity contribution in [2.75, 3.05) is 20.8 Å². The molecule has 4 rings (SSSR count). The summed E-state index contributed by atoms with van der Waals surface area (Å²) in [7, 11) is 3.23. The van der Waals surface area contributed by atoms with Gasteiger partial charge in [0.2, 0.25) is 11.8 Å². The first-order valence-corrected chi connectivity index (χ1v) is 10.3. The number of benzene rings is 3. The zero-order valence-corrected chi connectivity index (χ0v) is 19.1. The second-order valence-corrected chi connectivity index (χ2v) is 7.19. The van der Waals surface area contributed by atoms with Crippen LogP contribution in [0.4, 0.5) is 4.39 Å². The predicted molar refractivity (Wildman–Crippen MR) is 126 cm³/mol. The van der Waals surface area contributed by atoms with Crippen molar-refractivity contribution in [2.24, 2.45) is 0 Å². The van der Waals surface area contributed by atoms with Crippen molar-refractivity contribution in [3.8, 4) is 23.0 Å². The zero-order valence-electron chi connectivity index (χ0n) is 18.3. The number of nitrogens with one attached hydrogen (secondary N) is 1. The molecule has 0 aliphatic rings. The summed E-state index contributed by atoms with van der Waals surface area (Å²) in [6.07, 6.45) is 0.734. The molecule has 0 radical (unpaired) electrons. The number of methoxy groups -OCH3 is 2. The molecule has 33 heavy (non-hydrogen) atoms. The Bertz CT molecular complexity index is 1150. The van der Waals surface area contributed by atoms with Crippen LogP contribution >= 0.6 is 12.4 Å². The fraction of sp³-hybridized carbons (Fsp3) is 0.200. The molecule has 6 nitrogen and oxygen atoms in total. The monoisotopic (exact) mass is 469 g/mol. The number of halogens is 2. The van der Waals surface area contributed by atoms with Gasteiger partial charge in [0.05, 0.1) is 14.2 Å². The molecule has 1 atom stereocenters. The number of rotatable bonds is 9. The Kier molecular flexibility index (Phi) is 8.40. The molecule has 1 unspecified atom stereocenters. The largest absolute Gasteiger partial charge is 0.493 e. The first-order chi connectivity index (χ1) is 15.7. The summed E-state index contributed by atoms with van der Waals surface area (Å²) >= 11 is 0. The van der Waals surface area contributed by atoms with E-state index in [1.807, 2.05) is 48.5 Å². The number of hydrogen-bond acceptors (Lipinski definition) is 6. The van der Waals surface area contributed by atoms with Crippen LogP contribution in [0, 0.1) is 5.82 Å². The first-order valence-electron chi connectivity index (χ1n) is 10.3.